The van der Waals surface area contributed by atoms with Crippen molar-refractivity contribution in [1.29, 1.82) is 0 Å². The minimum absolute atomic E-state index is 0.0140. The van der Waals surface area contributed by atoms with Crippen molar-refractivity contribution in [2.45, 2.75) is 27.7 Å². The summed E-state index contributed by atoms with van der Waals surface area (Å²) in [5, 5.41) is 3.36. The number of benzene rings is 2. The first-order chi connectivity index (χ1) is 11.4. The summed E-state index contributed by atoms with van der Waals surface area (Å²) in [7, 11) is 0. The number of hydrogen-bond acceptors (Lipinski definition) is 3. The molecule has 122 valence electrons. The van der Waals surface area contributed by atoms with Crippen LogP contribution in [0, 0.1) is 27.7 Å². The van der Waals surface area contributed by atoms with Gasteiger partial charge in [-0.1, -0.05) is 24.3 Å². The van der Waals surface area contributed by atoms with E-state index in [0.717, 1.165) is 27.9 Å². The monoisotopic (exact) mass is 321 g/mol. The van der Waals surface area contributed by atoms with Crippen LogP contribution in [0.25, 0.3) is 11.0 Å². The van der Waals surface area contributed by atoms with Gasteiger partial charge in [0.25, 0.3) is 5.91 Å². The largest absolute Gasteiger partial charge is 0.451 e. The van der Waals surface area contributed by atoms with Crippen LogP contribution in [0.4, 0.5) is 5.69 Å². The van der Waals surface area contributed by atoms with Gasteiger partial charge in [0.2, 0.25) is 0 Å². The van der Waals surface area contributed by atoms with E-state index < -0.39 is 5.91 Å². The molecule has 0 radical (unpaired) electrons. The van der Waals surface area contributed by atoms with Gasteiger partial charge in [-0.25, -0.2) is 0 Å². The Morgan fingerprint density at radius 2 is 1.62 bits per heavy atom. The Labute approximate surface area is 140 Å². The molecule has 1 aromatic heterocycles. The van der Waals surface area contributed by atoms with Gasteiger partial charge in [-0.05, 0) is 56.0 Å². The highest BCUT2D eigenvalue weighted by Gasteiger charge is 2.15. The van der Waals surface area contributed by atoms with Crippen molar-refractivity contribution in [3.8, 4) is 0 Å². The van der Waals surface area contributed by atoms with Crippen molar-refractivity contribution in [2.24, 2.45) is 0 Å². The van der Waals surface area contributed by atoms with E-state index >= 15 is 0 Å². The first kappa shape index (κ1) is 16.0. The average Bonchev–Trinajstić information content (AvgIpc) is 2.49. The van der Waals surface area contributed by atoms with Gasteiger partial charge in [0, 0.05) is 11.8 Å². The maximum Gasteiger partial charge on any atom is 0.291 e. The second-order valence-corrected chi connectivity index (χ2v) is 6.15. The first-order valence-corrected chi connectivity index (χ1v) is 7.79. The molecule has 1 heterocycles. The molecule has 0 fully saturated rings. The van der Waals surface area contributed by atoms with Crippen LogP contribution in [0.2, 0.25) is 0 Å². The van der Waals surface area contributed by atoms with E-state index in [1.807, 2.05) is 52.0 Å². The van der Waals surface area contributed by atoms with Crippen molar-refractivity contribution >= 4 is 22.6 Å². The standard InChI is InChI=1S/C20H19NO3/c1-11-8-14(4)18-15(22)10-17(24-16(18)9-11)20(23)21-19-12(2)6-5-7-13(19)3/h5-10H,1-4H3,(H,21,23). The van der Waals surface area contributed by atoms with Crippen LogP contribution in [0.1, 0.15) is 32.8 Å². The molecule has 0 saturated heterocycles. The Bertz CT molecular complexity index is 995. The van der Waals surface area contributed by atoms with Gasteiger partial charge in [-0.2, -0.15) is 0 Å². The molecule has 1 N–H and O–H groups in total. The number of aryl methyl sites for hydroxylation is 4. The molecular weight excluding hydrogens is 302 g/mol. The molecule has 3 aromatic rings. The smallest absolute Gasteiger partial charge is 0.291 e. The zero-order valence-corrected chi connectivity index (χ0v) is 14.2. The van der Waals surface area contributed by atoms with Crippen molar-refractivity contribution in [3.05, 3.63) is 74.6 Å². The Kier molecular flexibility index (Phi) is 3.97. The van der Waals surface area contributed by atoms with E-state index in [1.165, 1.54) is 6.07 Å². The zero-order chi connectivity index (χ0) is 17.4. The van der Waals surface area contributed by atoms with E-state index in [1.54, 1.807) is 6.07 Å². The normalized spacial score (nSPS) is 10.8. The van der Waals surface area contributed by atoms with Crippen LogP contribution in [-0.2, 0) is 0 Å². The summed E-state index contributed by atoms with van der Waals surface area (Å²) in [5.41, 5.74) is 4.71. The second-order valence-electron chi connectivity index (χ2n) is 6.15. The summed E-state index contributed by atoms with van der Waals surface area (Å²) >= 11 is 0. The maximum atomic E-state index is 12.5. The summed E-state index contributed by atoms with van der Waals surface area (Å²) in [6.07, 6.45) is 0. The number of hydrogen-bond donors (Lipinski definition) is 1. The molecule has 0 spiro atoms. The van der Waals surface area contributed by atoms with Gasteiger partial charge >= 0.3 is 0 Å². The SMILES string of the molecule is Cc1cc(C)c2c(=O)cc(C(=O)Nc3c(C)cccc3C)oc2c1. The maximum absolute atomic E-state index is 12.5. The predicted molar refractivity (Wildman–Crippen MR) is 95.8 cm³/mol. The predicted octanol–water partition coefficient (Wildman–Crippen LogP) is 4.28. The Balaban J connectivity index is 2.06. The lowest BCUT2D eigenvalue weighted by Gasteiger charge is -2.11. The van der Waals surface area contributed by atoms with Crippen LogP contribution in [0.3, 0.4) is 0 Å². The third kappa shape index (κ3) is 2.83. The molecule has 0 aliphatic rings. The second kappa shape index (κ2) is 5.96. The molecule has 0 aliphatic heterocycles. The molecule has 3 rings (SSSR count). The van der Waals surface area contributed by atoms with E-state index in [0.29, 0.717) is 11.0 Å². The lowest BCUT2D eigenvalue weighted by atomic mass is 10.1. The van der Waals surface area contributed by atoms with Crippen LogP contribution in [0.5, 0.6) is 0 Å². The summed E-state index contributed by atoms with van der Waals surface area (Å²) in [6, 6.07) is 10.7. The summed E-state index contributed by atoms with van der Waals surface area (Å²) in [6.45, 7) is 7.64. The summed E-state index contributed by atoms with van der Waals surface area (Å²) in [5.74, 6) is -0.411. The molecular formula is C20H19NO3. The van der Waals surface area contributed by atoms with Crippen LogP contribution >= 0.6 is 0 Å². The molecule has 0 aliphatic carbocycles. The highest BCUT2D eigenvalue weighted by Crippen LogP contribution is 2.22. The number of carbonyl (C=O) groups excluding carboxylic acids is 1. The molecule has 0 saturated carbocycles. The fourth-order valence-electron chi connectivity index (χ4n) is 2.96. The lowest BCUT2D eigenvalue weighted by molar-refractivity contribution is 0.0997. The van der Waals surface area contributed by atoms with Gasteiger partial charge in [-0.3, -0.25) is 9.59 Å². The van der Waals surface area contributed by atoms with Gasteiger partial charge in [-0.15, -0.1) is 0 Å². The van der Waals surface area contributed by atoms with Crippen molar-refractivity contribution in [2.75, 3.05) is 5.32 Å². The van der Waals surface area contributed by atoms with Gasteiger partial charge in [0.05, 0.1) is 5.39 Å². The van der Waals surface area contributed by atoms with Crippen LogP contribution < -0.4 is 10.7 Å². The topological polar surface area (TPSA) is 59.3 Å². The molecule has 0 unspecified atom stereocenters. The Morgan fingerprint density at radius 1 is 0.958 bits per heavy atom. The molecule has 2 aromatic carbocycles. The molecule has 1 amide bonds. The van der Waals surface area contributed by atoms with Crippen LogP contribution in [0.15, 0.2) is 45.6 Å². The third-order valence-electron chi connectivity index (χ3n) is 4.12. The zero-order valence-electron chi connectivity index (χ0n) is 14.2. The third-order valence-corrected chi connectivity index (χ3v) is 4.12. The minimum Gasteiger partial charge on any atom is -0.451 e. The number of carbonyl (C=O) groups is 1. The Morgan fingerprint density at radius 3 is 2.29 bits per heavy atom. The number of nitrogens with one attached hydrogen (secondary N) is 1. The number of para-hydroxylation sites is 1. The Hall–Kier alpha value is -2.88. The lowest BCUT2D eigenvalue weighted by Crippen LogP contribution is -2.16. The van der Waals surface area contributed by atoms with Crippen molar-refractivity contribution in [3.63, 3.8) is 0 Å². The highest BCUT2D eigenvalue weighted by atomic mass is 16.3. The van der Waals surface area contributed by atoms with Gasteiger partial charge in [0.15, 0.2) is 11.2 Å². The number of fused-ring (bicyclic) bond motifs is 1. The van der Waals surface area contributed by atoms with Crippen molar-refractivity contribution in [1.82, 2.24) is 0 Å². The van der Waals surface area contributed by atoms with E-state index in [-0.39, 0.29) is 11.2 Å². The molecule has 4 nitrogen and oxygen atoms in total. The number of rotatable bonds is 2. The van der Waals surface area contributed by atoms with Crippen molar-refractivity contribution < 1.29 is 9.21 Å². The molecule has 24 heavy (non-hydrogen) atoms. The van der Waals surface area contributed by atoms with E-state index in [2.05, 4.69) is 5.32 Å². The van der Waals surface area contributed by atoms with E-state index in [4.69, 9.17) is 4.42 Å². The summed E-state index contributed by atoms with van der Waals surface area (Å²) < 4.78 is 5.71. The molecule has 0 bridgehead atoms. The molecule has 4 heteroatoms. The fourth-order valence-corrected chi connectivity index (χ4v) is 2.96. The number of anilines is 1. The summed E-state index contributed by atoms with van der Waals surface area (Å²) in [4.78, 5) is 24.9. The number of amides is 1. The van der Waals surface area contributed by atoms with Gasteiger partial charge < -0.3 is 9.73 Å². The highest BCUT2D eigenvalue weighted by molar-refractivity contribution is 6.03. The van der Waals surface area contributed by atoms with Crippen LogP contribution in [-0.4, -0.2) is 5.91 Å². The average molecular weight is 321 g/mol. The fraction of sp³-hybridized carbons (Fsp3) is 0.200. The molecule has 0 atom stereocenters. The first-order valence-electron chi connectivity index (χ1n) is 7.79. The quantitative estimate of drug-likeness (QED) is 0.766. The minimum atomic E-state index is -0.425. The van der Waals surface area contributed by atoms with Gasteiger partial charge in [0.1, 0.15) is 5.58 Å². The van der Waals surface area contributed by atoms with E-state index in [9.17, 15) is 9.59 Å².